The lowest BCUT2D eigenvalue weighted by molar-refractivity contribution is 0.102. The average Bonchev–Trinajstić information content (AvgIpc) is 2.42. The summed E-state index contributed by atoms with van der Waals surface area (Å²) >= 11 is 22.9. The first-order valence-corrected chi connectivity index (χ1v) is 8.12. The van der Waals surface area contributed by atoms with E-state index in [4.69, 9.17) is 23.2 Å². The van der Waals surface area contributed by atoms with Gasteiger partial charge in [0.05, 0.1) is 21.3 Å². The van der Waals surface area contributed by atoms with Crippen LogP contribution >= 0.6 is 67.7 Å². The maximum atomic E-state index is 12.2. The molecule has 0 aromatic heterocycles. The van der Waals surface area contributed by atoms with Crippen LogP contribution in [0.5, 0.6) is 0 Å². The molecule has 1 amide bonds. The van der Waals surface area contributed by atoms with Crippen LogP contribution in [-0.4, -0.2) is 5.91 Å². The minimum Gasteiger partial charge on any atom is -0.321 e. The Hall–Kier alpha value is -0.200. The third-order valence-electron chi connectivity index (χ3n) is 2.48. The minimum absolute atomic E-state index is 0.285. The van der Waals surface area contributed by atoms with Gasteiger partial charge in [0.25, 0.3) is 5.91 Å². The third-order valence-corrected chi connectivity index (χ3v) is 5.22. The van der Waals surface area contributed by atoms with E-state index in [9.17, 15) is 4.79 Å². The molecule has 20 heavy (non-hydrogen) atoms. The highest BCUT2D eigenvalue weighted by molar-refractivity contribution is 9.10. The molecule has 1 N–H and O–H groups in total. The van der Waals surface area contributed by atoms with Crippen molar-refractivity contribution in [3.8, 4) is 0 Å². The fourth-order valence-corrected chi connectivity index (χ4v) is 2.95. The van der Waals surface area contributed by atoms with Gasteiger partial charge in [-0.3, -0.25) is 4.79 Å². The lowest BCUT2D eigenvalue weighted by atomic mass is 10.2. The molecule has 0 aliphatic heterocycles. The molecular formula is C13H7Br2Cl2NOS. The van der Waals surface area contributed by atoms with Gasteiger partial charge in [-0.05, 0) is 62.2 Å². The van der Waals surface area contributed by atoms with Gasteiger partial charge >= 0.3 is 0 Å². The zero-order valence-electron chi connectivity index (χ0n) is 9.75. The Morgan fingerprint density at radius 2 is 1.70 bits per heavy atom. The molecule has 0 aliphatic carbocycles. The number of amides is 1. The smallest absolute Gasteiger partial charge is 0.256 e. The molecule has 0 unspecified atom stereocenters. The van der Waals surface area contributed by atoms with Crippen LogP contribution in [0.4, 0.5) is 5.69 Å². The fraction of sp³-hybridized carbons (Fsp3) is 0. The van der Waals surface area contributed by atoms with Gasteiger partial charge in [-0.1, -0.05) is 23.2 Å². The zero-order valence-corrected chi connectivity index (χ0v) is 15.3. The van der Waals surface area contributed by atoms with Crippen molar-refractivity contribution in [2.75, 3.05) is 5.32 Å². The molecule has 7 heteroatoms. The topological polar surface area (TPSA) is 29.1 Å². The minimum atomic E-state index is -0.298. The number of carbonyl (C=O) groups is 1. The Kier molecular flexibility index (Phi) is 5.42. The summed E-state index contributed by atoms with van der Waals surface area (Å²) in [5.74, 6) is -0.298. The second kappa shape index (κ2) is 6.71. The number of benzene rings is 2. The molecule has 0 saturated heterocycles. The summed E-state index contributed by atoms with van der Waals surface area (Å²) in [5.41, 5.74) is 0.911. The van der Waals surface area contributed by atoms with Gasteiger partial charge in [-0.15, -0.1) is 12.6 Å². The first kappa shape index (κ1) is 16.2. The van der Waals surface area contributed by atoms with Crippen LogP contribution in [0.2, 0.25) is 10.0 Å². The molecule has 0 radical (unpaired) electrons. The van der Waals surface area contributed by atoms with E-state index in [2.05, 4.69) is 49.8 Å². The fourth-order valence-electron chi connectivity index (χ4n) is 1.50. The standard InChI is InChI=1S/C13H7Br2Cl2NOS/c14-8-2-1-6(20)5-7(8)13(19)18-10-4-3-9(15)11(16)12(10)17/h1-5,20H,(H,18,19). The predicted molar refractivity (Wildman–Crippen MR) is 93.5 cm³/mol. The second-order valence-corrected chi connectivity index (χ2v) is 6.82. The molecule has 0 atom stereocenters. The average molecular weight is 456 g/mol. The lowest BCUT2D eigenvalue weighted by Gasteiger charge is -2.10. The lowest BCUT2D eigenvalue weighted by Crippen LogP contribution is -2.13. The number of hydrogen-bond donors (Lipinski definition) is 2. The number of anilines is 1. The van der Waals surface area contributed by atoms with E-state index in [0.717, 1.165) is 0 Å². The summed E-state index contributed by atoms with van der Waals surface area (Å²) in [4.78, 5) is 12.9. The van der Waals surface area contributed by atoms with E-state index < -0.39 is 0 Å². The van der Waals surface area contributed by atoms with Crippen molar-refractivity contribution in [2.24, 2.45) is 0 Å². The Morgan fingerprint density at radius 1 is 1.05 bits per heavy atom. The number of halogens is 4. The normalized spacial score (nSPS) is 10.4. The van der Waals surface area contributed by atoms with Crippen LogP contribution in [0, 0.1) is 0 Å². The molecule has 2 rings (SSSR count). The number of carbonyl (C=O) groups excluding carboxylic acids is 1. The largest absolute Gasteiger partial charge is 0.321 e. The van der Waals surface area contributed by atoms with Crippen molar-refractivity contribution in [3.05, 3.63) is 54.9 Å². The molecule has 0 fully saturated rings. The van der Waals surface area contributed by atoms with Gasteiger partial charge in [0.1, 0.15) is 0 Å². The van der Waals surface area contributed by atoms with E-state index in [1.165, 1.54) is 0 Å². The van der Waals surface area contributed by atoms with Crippen molar-refractivity contribution >= 4 is 79.3 Å². The van der Waals surface area contributed by atoms with E-state index in [1.807, 2.05) is 0 Å². The Bertz CT molecular complexity index is 694. The molecule has 0 heterocycles. The van der Waals surface area contributed by atoms with Gasteiger partial charge < -0.3 is 5.32 Å². The van der Waals surface area contributed by atoms with Crippen molar-refractivity contribution in [3.63, 3.8) is 0 Å². The first-order chi connectivity index (χ1) is 9.40. The number of hydrogen-bond acceptors (Lipinski definition) is 2. The molecule has 104 valence electrons. The zero-order chi connectivity index (χ0) is 14.9. The highest BCUT2D eigenvalue weighted by Gasteiger charge is 2.14. The number of thiol groups is 1. The Labute approximate surface area is 148 Å². The van der Waals surface area contributed by atoms with Crippen LogP contribution in [0.25, 0.3) is 0 Å². The second-order valence-electron chi connectivity index (χ2n) is 3.84. The molecule has 0 saturated carbocycles. The Morgan fingerprint density at radius 3 is 2.40 bits per heavy atom. The molecule has 0 spiro atoms. The summed E-state index contributed by atoms with van der Waals surface area (Å²) in [6.07, 6.45) is 0. The monoisotopic (exact) mass is 453 g/mol. The van der Waals surface area contributed by atoms with E-state index in [-0.39, 0.29) is 10.9 Å². The molecule has 2 nitrogen and oxygen atoms in total. The molecule has 0 bridgehead atoms. The number of rotatable bonds is 2. The van der Waals surface area contributed by atoms with Crippen molar-refractivity contribution in [1.29, 1.82) is 0 Å². The highest BCUT2D eigenvalue weighted by atomic mass is 79.9. The van der Waals surface area contributed by atoms with Crippen molar-refractivity contribution < 1.29 is 4.79 Å². The molecule has 2 aromatic rings. The quantitative estimate of drug-likeness (QED) is 0.418. The number of nitrogens with one attached hydrogen (secondary N) is 1. The summed E-state index contributed by atoms with van der Waals surface area (Å²) in [6, 6.07) is 8.60. The molecule has 2 aromatic carbocycles. The molecular weight excluding hydrogens is 449 g/mol. The van der Waals surface area contributed by atoms with Crippen molar-refractivity contribution in [2.45, 2.75) is 4.90 Å². The van der Waals surface area contributed by atoms with Gasteiger partial charge in [-0.25, -0.2) is 0 Å². The highest BCUT2D eigenvalue weighted by Crippen LogP contribution is 2.36. The van der Waals surface area contributed by atoms with E-state index >= 15 is 0 Å². The van der Waals surface area contributed by atoms with Crippen LogP contribution in [-0.2, 0) is 0 Å². The van der Waals surface area contributed by atoms with Crippen LogP contribution in [0.15, 0.2) is 44.2 Å². The SMILES string of the molecule is O=C(Nc1ccc(Br)c(Cl)c1Cl)c1cc(S)ccc1Br. The van der Waals surface area contributed by atoms with Gasteiger partial charge in [-0.2, -0.15) is 0 Å². The summed E-state index contributed by atoms with van der Waals surface area (Å²) in [7, 11) is 0. The van der Waals surface area contributed by atoms with Crippen LogP contribution in [0.3, 0.4) is 0 Å². The predicted octanol–water partition coefficient (Wildman–Crippen LogP) is 6.06. The van der Waals surface area contributed by atoms with Crippen molar-refractivity contribution in [1.82, 2.24) is 0 Å². The van der Waals surface area contributed by atoms with Gasteiger partial charge in [0, 0.05) is 13.8 Å². The molecule has 0 aliphatic rings. The van der Waals surface area contributed by atoms with E-state index in [0.29, 0.717) is 30.1 Å². The third kappa shape index (κ3) is 3.52. The summed E-state index contributed by atoms with van der Waals surface area (Å²) in [5, 5.41) is 3.36. The van der Waals surface area contributed by atoms with Gasteiger partial charge in [0.2, 0.25) is 0 Å². The van der Waals surface area contributed by atoms with Crippen LogP contribution < -0.4 is 5.32 Å². The Balaban J connectivity index is 2.33. The summed E-state index contributed by atoms with van der Waals surface area (Å²) < 4.78 is 1.34. The van der Waals surface area contributed by atoms with Gasteiger partial charge in [0.15, 0.2) is 0 Å². The summed E-state index contributed by atoms with van der Waals surface area (Å²) in [6.45, 7) is 0. The van der Waals surface area contributed by atoms with E-state index in [1.54, 1.807) is 30.3 Å². The first-order valence-electron chi connectivity index (χ1n) is 5.33. The maximum absolute atomic E-state index is 12.2. The van der Waals surface area contributed by atoms with Crippen LogP contribution in [0.1, 0.15) is 10.4 Å². The maximum Gasteiger partial charge on any atom is 0.256 e.